The largest absolute Gasteiger partial charge is 0.454 e. The first-order chi connectivity index (χ1) is 24.7. The number of nitrogens with one attached hydrogen (secondary N) is 2. The number of carbonyl (C=O) groups is 1. The fourth-order valence-electron chi connectivity index (χ4n) is 6.96. The molecule has 0 radical (unpaired) electrons. The van der Waals surface area contributed by atoms with Crippen LogP contribution in [0.5, 0.6) is 11.5 Å². The van der Waals surface area contributed by atoms with E-state index in [2.05, 4.69) is 43.4 Å². The molecule has 1 aliphatic heterocycles. The highest BCUT2D eigenvalue weighted by Crippen LogP contribution is 2.41. The van der Waals surface area contributed by atoms with Gasteiger partial charge in [-0.15, -0.1) is 0 Å². The topological polar surface area (TPSA) is 94.1 Å². The van der Waals surface area contributed by atoms with E-state index >= 15 is 8.78 Å². The number of hydrogen-bond donors (Lipinski definition) is 2. The van der Waals surface area contributed by atoms with Crippen molar-refractivity contribution in [2.75, 3.05) is 11.5 Å². The molecule has 0 aliphatic carbocycles. The second-order valence-corrected chi connectivity index (χ2v) is 16.4. The van der Waals surface area contributed by atoms with Crippen LogP contribution in [0.4, 0.5) is 8.78 Å². The molecule has 4 bridgehead atoms. The predicted octanol–water partition coefficient (Wildman–Crippen LogP) is 9.46. The number of aryl methyl sites for hydroxylation is 2. The molecule has 0 fully saturated rings. The normalized spacial score (nSPS) is 18.7. The summed E-state index contributed by atoms with van der Waals surface area (Å²) in [7, 11) is 1.76. The second kappa shape index (κ2) is 15.4. The van der Waals surface area contributed by atoms with Gasteiger partial charge < -0.3 is 9.72 Å². The second-order valence-electron chi connectivity index (χ2n) is 15.3. The van der Waals surface area contributed by atoms with E-state index in [1.54, 1.807) is 24.0 Å². The SMILES string of the molecule is CC(C)ONC(=O)C(C)Cc1cccc(C2(C)CCCC(C)(C)CSCCc3c(c(F)cc4[nH]ccc34)Oc3ccc(F)c(c3)-c3nc2nn3C)c1. The summed E-state index contributed by atoms with van der Waals surface area (Å²) >= 11 is 1.86. The summed E-state index contributed by atoms with van der Waals surface area (Å²) in [5, 5.41) is 5.83. The molecule has 0 saturated heterocycles. The van der Waals surface area contributed by atoms with Crippen molar-refractivity contribution in [1.82, 2.24) is 25.2 Å². The molecule has 3 heterocycles. The highest BCUT2D eigenvalue weighted by Gasteiger charge is 2.35. The smallest absolute Gasteiger partial charge is 0.246 e. The number of halogens is 2. The van der Waals surface area contributed by atoms with E-state index in [1.165, 1.54) is 18.2 Å². The Morgan fingerprint density at radius 2 is 1.88 bits per heavy atom. The number of thioether (sulfide) groups is 1. The zero-order valence-corrected chi connectivity index (χ0v) is 31.9. The average Bonchev–Trinajstić information content (AvgIpc) is 3.73. The fourth-order valence-corrected chi connectivity index (χ4v) is 8.15. The third kappa shape index (κ3) is 8.20. The van der Waals surface area contributed by atoms with Gasteiger partial charge in [0, 0.05) is 41.7 Å². The number of ether oxygens (including phenoxy) is 1. The van der Waals surface area contributed by atoms with Gasteiger partial charge in [0.2, 0.25) is 5.91 Å². The average molecular weight is 730 g/mol. The van der Waals surface area contributed by atoms with Crippen LogP contribution in [0.25, 0.3) is 22.3 Å². The van der Waals surface area contributed by atoms with Gasteiger partial charge in [-0.05, 0) is 98.8 Å². The summed E-state index contributed by atoms with van der Waals surface area (Å²) in [6, 6.07) is 16.1. The molecule has 2 unspecified atom stereocenters. The molecule has 276 valence electrons. The Kier molecular flexibility index (Phi) is 11.1. The van der Waals surface area contributed by atoms with E-state index in [0.717, 1.165) is 52.8 Å². The molecular formula is C41H49F2N5O3S. The lowest BCUT2D eigenvalue weighted by Gasteiger charge is -2.31. The predicted molar refractivity (Wildman–Crippen MR) is 204 cm³/mol. The lowest BCUT2D eigenvalue weighted by molar-refractivity contribution is -0.140. The Hall–Kier alpha value is -4.22. The number of rotatable bonds is 6. The number of nitrogens with zero attached hydrogens (tertiary/aromatic N) is 3. The molecule has 5 aromatic rings. The van der Waals surface area contributed by atoms with Gasteiger partial charge >= 0.3 is 0 Å². The third-order valence-electron chi connectivity index (χ3n) is 9.99. The number of aromatic nitrogens is 4. The summed E-state index contributed by atoms with van der Waals surface area (Å²) in [5.41, 5.74) is 5.72. The molecule has 0 saturated carbocycles. The van der Waals surface area contributed by atoms with Crippen molar-refractivity contribution in [3.63, 3.8) is 0 Å². The van der Waals surface area contributed by atoms with Gasteiger partial charge in [0.1, 0.15) is 11.6 Å². The number of fused-ring (bicyclic) bond motifs is 8. The third-order valence-corrected chi connectivity index (χ3v) is 11.5. The van der Waals surface area contributed by atoms with Crippen LogP contribution in [-0.4, -0.2) is 43.3 Å². The monoisotopic (exact) mass is 729 g/mol. The maximum absolute atomic E-state index is 15.7. The number of benzene rings is 3. The maximum Gasteiger partial charge on any atom is 0.246 e. The Labute approximate surface area is 309 Å². The molecule has 6 rings (SSSR count). The Morgan fingerprint density at radius 3 is 2.67 bits per heavy atom. The van der Waals surface area contributed by atoms with Crippen LogP contribution in [0.2, 0.25) is 0 Å². The molecule has 3 aromatic carbocycles. The molecule has 1 aliphatic rings. The van der Waals surface area contributed by atoms with Crippen molar-refractivity contribution in [3.8, 4) is 22.9 Å². The van der Waals surface area contributed by atoms with E-state index in [0.29, 0.717) is 35.8 Å². The van der Waals surface area contributed by atoms with Crippen LogP contribution >= 0.6 is 11.8 Å². The molecule has 1 amide bonds. The van der Waals surface area contributed by atoms with E-state index < -0.39 is 17.0 Å². The molecule has 52 heavy (non-hydrogen) atoms. The zero-order chi connectivity index (χ0) is 37.2. The number of hydrogen-bond acceptors (Lipinski definition) is 6. The summed E-state index contributed by atoms with van der Waals surface area (Å²) in [6.07, 6.45) is 5.47. The van der Waals surface area contributed by atoms with E-state index in [9.17, 15) is 4.79 Å². The number of amides is 1. The molecule has 0 spiro atoms. The van der Waals surface area contributed by atoms with Gasteiger partial charge in [0.05, 0.1) is 17.1 Å². The quantitative estimate of drug-likeness (QED) is 0.169. The lowest BCUT2D eigenvalue weighted by atomic mass is 9.75. The Balaban J connectivity index is 1.40. The molecular weight excluding hydrogens is 681 g/mol. The summed E-state index contributed by atoms with van der Waals surface area (Å²) in [5.74, 6) is 1.66. The van der Waals surface area contributed by atoms with Crippen LogP contribution in [0.1, 0.15) is 83.3 Å². The summed E-state index contributed by atoms with van der Waals surface area (Å²) in [4.78, 5) is 26.2. The molecule has 2 atom stereocenters. The maximum atomic E-state index is 15.7. The first-order valence-corrected chi connectivity index (χ1v) is 19.2. The van der Waals surface area contributed by atoms with Crippen LogP contribution < -0.4 is 10.2 Å². The number of H-pyrrole nitrogens is 1. The minimum absolute atomic E-state index is 0.0354. The fraction of sp³-hybridized carbons (Fsp3) is 0.439. The van der Waals surface area contributed by atoms with Gasteiger partial charge in [-0.3, -0.25) is 9.63 Å². The van der Waals surface area contributed by atoms with Crippen molar-refractivity contribution in [2.45, 2.75) is 85.2 Å². The van der Waals surface area contributed by atoms with Gasteiger partial charge in [0.25, 0.3) is 0 Å². The molecule has 8 nitrogen and oxygen atoms in total. The highest BCUT2D eigenvalue weighted by molar-refractivity contribution is 7.99. The molecule has 2 N–H and O–H groups in total. The Bertz CT molecular complexity index is 2060. The van der Waals surface area contributed by atoms with Crippen LogP contribution in [0.15, 0.2) is 60.8 Å². The van der Waals surface area contributed by atoms with Crippen molar-refractivity contribution >= 4 is 28.6 Å². The van der Waals surface area contributed by atoms with E-state index in [-0.39, 0.29) is 34.7 Å². The molecule has 2 aromatic heterocycles. The first kappa shape index (κ1) is 37.5. The minimum Gasteiger partial charge on any atom is -0.454 e. The van der Waals surface area contributed by atoms with E-state index in [4.69, 9.17) is 19.7 Å². The minimum atomic E-state index is -0.623. The summed E-state index contributed by atoms with van der Waals surface area (Å²) < 4.78 is 39.2. The Morgan fingerprint density at radius 1 is 1.08 bits per heavy atom. The van der Waals surface area contributed by atoms with Crippen molar-refractivity contribution in [1.29, 1.82) is 0 Å². The highest BCUT2D eigenvalue weighted by atomic mass is 32.2. The van der Waals surface area contributed by atoms with Gasteiger partial charge in [-0.25, -0.2) is 23.9 Å². The number of aromatic amines is 1. The first-order valence-electron chi connectivity index (χ1n) is 18.0. The van der Waals surface area contributed by atoms with Crippen LogP contribution in [0.3, 0.4) is 0 Å². The van der Waals surface area contributed by atoms with E-state index in [1.807, 2.05) is 50.7 Å². The van der Waals surface area contributed by atoms with Crippen molar-refractivity contribution in [2.24, 2.45) is 18.4 Å². The molecule has 11 heteroatoms. The standard InChI is InChI=1S/C41H49F2N5O3S/c1-25(2)51-47-38(49)26(3)20-27-10-8-11-28(21-27)41(6)17-9-16-40(4,5)24-52-19-15-31-30-14-18-44-35(30)23-34(43)36(31)50-29-12-13-33(42)32(22-29)37-45-39(41)46-48(37)7/h8,10-14,18,21-23,25-26,44H,9,15-17,19-20,24H2,1-7H3,(H,47,49). The van der Waals surface area contributed by atoms with Crippen molar-refractivity contribution in [3.05, 3.63) is 94.9 Å². The van der Waals surface area contributed by atoms with Crippen LogP contribution in [0, 0.1) is 23.0 Å². The van der Waals surface area contributed by atoms with Gasteiger partial charge in [0.15, 0.2) is 23.2 Å². The van der Waals surface area contributed by atoms with Crippen molar-refractivity contribution < 1.29 is 23.1 Å². The van der Waals surface area contributed by atoms with Gasteiger partial charge in [-0.1, -0.05) is 51.5 Å². The number of hydroxylamine groups is 1. The summed E-state index contributed by atoms with van der Waals surface area (Å²) in [6.45, 7) is 12.3. The lowest BCUT2D eigenvalue weighted by Crippen LogP contribution is -2.32. The number of carbonyl (C=O) groups excluding carboxylic acids is 1. The van der Waals surface area contributed by atoms with Gasteiger partial charge in [-0.2, -0.15) is 16.9 Å². The zero-order valence-electron chi connectivity index (χ0n) is 31.1. The van der Waals surface area contributed by atoms with Crippen LogP contribution in [-0.2, 0) is 34.9 Å².